The summed E-state index contributed by atoms with van der Waals surface area (Å²) in [6.45, 7) is 0.677. The minimum Gasteiger partial charge on any atom is -0.446 e. The number of benzene rings is 1. The summed E-state index contributed by atoms with van der Waals surface area (Å²) >= 11 is 4.99. The van der Waals surface area contributed by atoms with E-state index in [1.54, 1.807) is 18.0 Å². The zero-order valence-electron chi connectivity index (χ0n) is 13.7. The Bertz CT molecular complexity index is 985. The maximum Gasteiger partial charge on any atom is 0.200 e. The molecule has 0 atom stereocenters. The Kier molecular flexibility index (Phi) is 5.17. The Morgan fingerprint density at radius 1 is 0.962 bits per heavy atom. The molecule has 3 heterocycles. The van der Waals surface area contributed by atoms with E-state index in [1.165, 1.54) is 5.56 Å². The van der Waals surface area contributed by atoms with Crippen LogP contribution < -0.4 is 0 Å². The quantitative estimate of drug-likeness (QED) is 0.404. The van der Waals surface area contributed by atoms with Gasteiger partial charge in [0.15, 0.2) is 15.6 Å². The summed E-state index contributed by atoms with van der Waals surface area (Å²) in [5.41, 5.74) is 2.33. The van der Waals surface area contributed by atoms with E-state index in [-0.39, 0.29) is 0 Å². The zero-order valence-corrected chi connectivity index (χ0v) is 16.2. The highest BCUT2D eigenvalue weighted by atomic mass is 79.9. The van der Waals surface area contributed by atoms with Crippen molar-refractivity contribution in [3.8, 4) is 11.6 Å². The van der Waals surface area contributed by atoms with Crippen LogP contribution >= 0.6 is 27.7 Å². The number of hydrogen-bond acceptors (Lipinski definition) is 5. The third-order valence-electron chi connectivity index (χ3n) is 3.78. The summed E-state index contributed by atoms with van der Waals surface area (Å²) in [7, 11) is 0. The lowest BCUT2D eigenvalue weighted by atomic mass is 10.2. The molecule has 4 rings (SSSR count). The molecule has 26 heavy (non-hydrogen) atoms. The molecular formula is C19H15BrN4OS. The number of thioether (sulfide) groups is 1. The lowest BCUT2D eigenvalue weighted by Crippen LogP contribution is -2.04. The summed E-state index contributed by atoms with van der Waals surface area (Å²) in [5.74, 6) is 2.18. The third kappa shape index (κ3) is 3.89. The molecule has 0 amide bonds. The summed E-state index contributed by atoms with van der Waals surface area (Å²) in [4.78, 5) is 4.17. The van der Waals surface area contributed by atoms with E-state index in [4.69, 9.17) is 4.42 Å². The van der Waals surface area contributed by atoms with Crippen molar-refractivity contribution >= 4 is 27.7 Å². The molecule has 0 fully saturated rings. The molecular weight excluding hydrogens is 412 g/mol. The Labute approximate surface area is 163 Å². The first-order valence-corrected chi connectivity index (χ1v) is 9.82. The number of aromatic nitrogens is 4. The molecule has 0 spiro atoms. The minimum atomic E-state index is 0.673. The maximum atomic E-state index is 5.70. The molecule has 0 aliphatic carbocycles. The standard InChI is InChI=1S/C19H15BrN4OS/c20-17-9-8-16(25-17)18-22-23-19(26-13-15-7-4-10-21-11-15)24(18)12-14-5-2-1-3-6-14/h1-11H,12-13H2. The second-order valence-electron chi connectivity index (χ2n) is 5.63. The fourth-order valence-corrected chi connectivity index (χ4v) is 3.73. The molecule has 0 unspecified atom stereocenters. The fourth-order valence-electron chi connectivity index (χ4n) is 2.55. The zero-order chi connectivity index (χ0) is 17.8. The summed E-state index contributed by atoms with van der Waals surface area (Å²) in [6, 6.07) is 18.0. The van der Waals surface area contributed by atoms with Crippen LogP contribution in [-0.4, -0.2) is 19.7 Å². The molecule has 5 nitrogen and oxygen atoms in total. The second kappa shape index (κ2) is 7.88. The van der Waals surface area contributed by atoms with Gasteiger partial charge in [-0.3, -0.25) is 9.55 Å². The minimum absolute atomic E-state index is 0.673. The highest BCUT2D eigenvalue weighted by molar-refractivity contribution is 9.10. The van der Waals surface area contributed by atoms with E-state index in [9.17, 15) is 0 Å². The van der Waals surface area contributed by atoms with Crippen molar-refractivity contribution in [1.29, 1.82) is 0 Å². The molecule has 130 valence electrons. The van der Waals surface area contributed by atoms with E-state index in [1.807, 2.05) is 42.6 Å². The highest BCUT2D eigenvalue weighted by Crippen LogP contribution is 2.29. The Hall–Kier alpha value is -2.38. The van der Waals surface area contributed by atoms with Crippen LogP contribution in [0.5, 0.6) is 0 Å². The number of pyridine rings is 1. The smallest absolute Gasteiger partial charge is 0.200 e. The van der Waals surface area contributed by atoms with Crippen molar-refractivity contribution in [1.82, 2.24) is 19.7 Å². The number of rotatable bonds is 6. The van der Waals surface area contributed by atoms with Gasteiger partial charge in [0.1, 0.15) is 0 Å². The Morgan fingerprint density at radius 3 is 2.54 bits per heavy atom. The molecule has 3 aromatic heterocycles. The number of hydrogen-bond donors (Lipinski definition) is 0. The Morgan fingerprint density at radius 2 is 1.81 bits per heavy atom. The van der Waals surface area contributed by atoms with Gasteiger partial charge >= 0.3 is 0 Å². The van der Waals surface area contributed by atoms with E-state index in [2.05, 4.69) is 53.9 Å². The summed E-state index contributed by atoms with van der Waals surface area (Å²) < 4.78 is 8.46. The van der Waals surface area contributed by atoms with E-state index in [0.717, 1.165) is 16.5 Å². The van der Waals surface area contributed by atoms with Crippen LogP contribution in [0.15, 0.2) is 81.2 Å². The van der Waals surface area contributed by atoms with Crippen LogP contribution in [0.4, 0.5) is 0 Å². The molecule has 1 aromatic carbocycles. The fraction of sp³-hybridized carbons (Fsp3) is 0.105. The molecule has 0 saturated heterocycles. The van der Waals surface area contributed by atoms with Crippen molar-refractivity contribution in [3.05, 3.63) is 82.8 Å². The van der Waals surface area contributed by atoms with Crippen LogP contribution in [0, 0.1) is 0 Å². The van der Waals surface area contributed by atoms with Crippen LogP contribution in [0.25, 0.3) is 11.6 Å². The number of nitrogens with zero attached hydrogens (tertiary/aromatic N) is 4. The van der Waals surface area contributed by atoms with Gasteiger partial charge in [0.2, 0.25) is 5.82 Å². The van der Waals surface area contributed by atoms with Gasteiger partial charge in [0.25, 0.3) is 0 Å². The maximum absolute atomic E-state index is 5.70. The third-order valence-corrected chi connectivity index (χ3v) is 5.25. The average molecular weight is 427 g/mol. The van der Waals surface area contributed by atoms with Crippen molar-refractivity contribution in [3.63, 3.8) is 0 Å². The predicted molar refractivity (Wildman–Crippen MR) is 105 cm³/mol. The SMILES string of the molecule is Brc1ccc(-c2nnc(SCc3cccnc3)n2Cc2ccccc2)o1. The van der Waals surface area contributed by atoms with Crippen LogP contribution in [0.1, 0.15) is 11.1 Å². The van der Waals surface area contributed by atoms with Gasteiger partial charge in [-0.1, -0.05) is 48.2 Å². The largest absolute Gasteiger partial charge is 0.446 e. The van der Waals surface area contributed by atoms with Gasteiger partial charge in [0.05, 0.1) is 6.54 Å². The normalized spacial score (nSPS) is 11.0. The topological polar surface area (TPSA) is 56.7 Å². The van der Waals surface area contributed by atoms with Crippen molar-refractivity contribution < 1.29 is 4.42 Å². The van der Waals surface area contributed by atoms with Gasteiger partial charge in [-0.05, 0) is 45.3 Å². The highest BCUT2D eigenvalue weighted by Gasteiger charge is 2.17. The molecule has 0 aliphatic rings. The van der Waals surface area contributed by atoms with Crippen LogP contribution in [-0.2, 0) is 12.3 Å². The molecule has 0 bridgehead atoms. The first-order chi connectivity index (χ1) is 12.8. The summed E-state index contributed by atoms with van der Waals surface area (Å²) in [5, 5.41) is 9.61. The van der Waals surface area contributed by atoms with Crippen molar-refractivity contribution in [2.45, 2.75) is 17.5 Å². The van der Waals surface area contributed by atoms with Crippen LogP contribution in [0.2, 0.25) is 0 Å². The first kappa shape index (κ1) is 17.1. The molecule has 7 heteroatoms. The molecule has 4 aromatic rings. The first-order valence-electron chi connectivity index (χ1n) is 8.04. The average Bonchev–Trinajstić information content (AvgIpc) is 3.28. The number of halogens is 1. The molecule has 0 radical (unpaired) electrons. The molecule has 0 N–H and O–H groups in total. The predicted octanol–water partition coefficient (Wildman–Crippen LogP) is 5.04. The van der Waals surface area contributed by atoms with Gasteiger partial charge < -0.3 is 4.42 Å². The second-order valence-corrected chi connectivity index (χ2v) is 7.36. The lowest BCUT2D eigenvalue weighted by Gasteiger charge is -2.09. The van der Waals surface area contributed by atoms with Gasteiger partial charge in [-0.15, -0.1) is 10.2 Å². The monoisotopic (exact) mass is 426 g/mol. The van der Waals surface area contributed by atoms with Gasteiger partial charge in [-0.2, -0.15) is 0 Å². The van der Waals surface area contributed by atoms with Gasteiger partial charge in [-0.25, -0.2) is 0 Å². The Balaban J connectivity index is 1.65. The van der Waals surface area contributed by atoms with Crippen molar-refractivity contribution in [2.75, 3.05) is 0 Å². The van der Waals surface area contributed by atoms with E-state index < -0.39 is 0 Å². The van der Waals surface area contributed by atoms with Crippen LogP contribution in [0.3, 0.4) is 0 Å². The van der Waals surface area contributed by atoms with Gasteiger partial charge in [0, 0.05) is 18.1 Å². The van der Waals surface area contributed by atoms with Crippen molar-refractivity contribution in [2.24, 2.45) is 0 Å². The summed E-state index contributed by atoms with van der Waals surface area (Å²) in [6.07, 6.45) is 3.65. The lowest BCUT2D eigenvalue weighted by molar-refractivity contribution is 0.545. The number of furan rings is 1. The molecule has 0 aliphatic heterocycles. The van der Waals surface area contributed by atoms with E-state index in [0.29, 0.717) is 22.8 Å². The van der Waals surface area contributed by atoms with E-state index >= 15 is 0 Å². The molecule has 0 saturated carbocycles.